The van der Waals surface area contributed by atoms with E-state index in [0.29, 0.717) is 10.6 Å². The van der Waals surface area contributed by atoms with Gasteiger partial charge < -0.3 is 9.84 Å². The van der Waals surface area contributed by atoms with Crippen LogP contribution >= 0.6 is 11.6 Å². The molecule has 0 spiro atoms. The van der Waals surface area contributed by atoms with Crippen molar-refractivity contribution < 1.29 is 18.6 Å². The van der Waals surface area contributed by atoms with E-state index < -0.39 is 12.7 Å². The van der Waals surface area contributed by atoms with Gasteiger partial charge in [-0.1, -0.05) is 41.9 Å². The van der Waals surface area contributed by atoms with Crippen LogP contribution in [0.15, 0.2) is 48.5 Å². The number of hydrogen-bond donors (Lipinski definition) is 1. The molecule has 0 amide bonds. The van der Waals surface area contributed by atoms with E-state index in [1.165, 1.54) is 6.07 Å². The highest BCUT2D eigenvalue weighted by Gasteiger charge is 2.16. The number of aliphatic hydroxyl groups excluding tert-OH is 1. The molecular weight excluding hydrogens is 286 g/mol. The van der Waals surface area contributed by atoms with Crippen molar-refractivity contribution >= 4 is 11.6 Å². The van der Waals surface area contributed by atoms with E-state index in [-0.39, 0.29) is 12.2 Å². The number of aliphatic hydroxyl groups is 1. The van der Waals surface area contributed by atoms with E-state index >= 15 is 0 Å². The summed E-state index contributed by atoms with van der Waals surface area (Å²) in [6, 6.07) is 13.2. The SMILES string of the molecule is OC(Cc1cccc(Cl)c1)c1ccccc1OC(F)F. The van der Waals surface area contributed by atoms with Gasteiger partial charge in [0.05, 0.1) is 6.10 Å². The van der Waals surface area contributed by atoms with Crippen LogP contribution in [0.25, 0.3) is 0 Å². The number of hydrogen-bond acceptors (Lipinski definition) is 2. The molecular formula is C15H13ClF2O2. The highest BCUT2D eigenvalue weighted by Crippen LogP contribution is 2.29. The summed E-state index contributed by atoms with van der Waals surface area (Å²) >= 11 is 5.87. The molecule has 0 heterocycles. The van der Waals surface area contributed by atoms with Gasteiger partial charge >= 0.3 is 6.61 Å². The summed E-state index contributed by atoms with van der Waals surface area (Å²) < 4.78 is 29.1. The van der Waals surface area contributed by atoms with Crippen molar-refractivity contribution in [2.45, 2.75) is 19.1 Å². The lowest BCUT2D eigenvalue weighted by molar-refractivity contribution is -0.0515. The number of alkyl halides is 2. The zero-order valence-corrected chi connectivity index (χ0v) is 11.2. The first-order valence-corrected chi connectivity index (χ1v) is 6.40. The van der Waals surface area contributed by atoms with Crippen LogP contribution < -0.4 is 4.74 Å². The minimum absolute atomic E-state index is 0.0166. The van der Waals surface area contributed by atoms with Crippen LogP contribution in [0.4, 0.5) is 8.78 Å². The largest absolute Gasteiger partial charge is 0.434 e. The van der Waals surface area contributed by atoms with E-state index in [0.717, 1.165) is 5.56 Å². The molecule has 2 nitrogen and oxygen atoms in total. The lowest BCUT2D eigenvalue weighted by Gasteiger charge is -2.16. The highest BCUT2D eigenvalue weighted by atomic mass is 35.5. The fourth-order valence-electron chi connectivity index (χ4n) is 1.96. The molecule has 0 aliphatic rings. The van der Waals surface area contributed by atoms with E-state index in [9.17, 15) is 13.9 Å². The summed E-state index contributed by atoms with van der Waals surface area (Å²) in [7, 11) is 0. The first-order valence-electron chi connectivity index (χ1n) is 6.02. The van der Waals surface area contributed by atoms with Crippen molar-refractivity contribution in [3.05, 3.63) is 64.7 Å². The van der Waals surface area contributed by atoms with Crippen LogP contribution in [0.1, 0.15) is 17.2 Å². The Balaban J connectivity index is 2.18. The zero-order valence-electron chi connectivity index (χ0n) is 10.5. The molecule has 2 aromatic rings. The zero-order chi connectivity index (χ0) is 14.5. The second-order valence-corrected chi connectivity index (χ2v) is 4.70. The van der Waals surface area contributed by atoms with Crippen LogP contribution in [-0.4, -0.2) is 11.7 Å². The molecule has 0 aliphatic carbocycles. The molecule has 0 aromatic heterocycles. The normalized spacial score (nSPS) is 12.4. The van der Waals surface area contributed by atoms with E-state index in [4.69, 9.17) is 11.6 Å². The fraction of sp³-hybridized carbons (Fsp3) is 0.200. The number of para-hydroxylation sites is 1. The maximum Gasteiger partial charge on any atom is 0.387 e. The Morgan fingerprint density at radius 1 is 1.10 bits per heavy atom. The van der Waals surface area contributed by atoms with Crippen molar-refractivity contribution in [3.8, 4) is 5.75 Å². The van der Waals surface area contributed by atoms with Crippen molar-refractivity contribution in [1.29, 1.82) is 0 Å². The number of benzene rings is 2. The summed E-state index contributed by atoms with van der Waals surface area (Å²) in [6.45, 7) is -2.92. The summed E-state index contributed by atoms with van der Waals surface area (Å²) in [6.07, 6.45) is -0.673. The van der Waals surface area contributed by atoms with Gasteiger partial charge in [-0.25, -0.2) is 0 Å². The average molecular weight is 299 g/mol. The molecule has 106 valence electrons. The van der Waals surface area contributed by atoms with E-state index in [1.807, 2.05) is 6.07 Å². The van der Waals surface area contributed by atoms with Gasteiger partial charge in [0.1, 0.15) is 5.75 Å². The Hall–Kier alpha value is -1.65. The van der Waals surface area contributed by atoms with Crippen molar-refractivity contribution in [2.75, 3.05) is 0 Å². The number of halogens is 3. The maximum absolute atomic E-state index is 12.3. The third-order valence-corrected chi connectivity index (χ3v) is 3.05. The van der Waals surface area contributed by atoms with Crippen LogP contribution in [0.2, 0.25) is 5.02 Å². The molecule has 1 N–H and O–H groups in total. The van der Waals surface area contributed by atoms with Gasteiger partial charge in [-0.2, -0.15) is 8.78 Å². The molecule has 0 radical (unpaired) electrons. The van der Waals surface area contributed by atoms with Gasteiger partial charge in [-0.05, 0) is 23.8 Å². The third kappa shape index (κ3) is 3.92. The quantitative estimate of drug-likeness (QED) is 0.895. The lowest BCUT2D eigenvalue weighted by Crippen LogP contribution is -2.08. The first-order chi connectivity index (χ1) is 9.56. The molecule has 2 aromatic carbocycles. The monoisotopic (exact) mass is 298 g/mol. The Morgan fingerprint density at radius 3 is 2.55 bits per heavy atom. The lowest BCUT2D eigenvalue weighted by atomic mass is 10.0. The van der Waals surface area contributed by atoms with Crippen molar-refractivity contribution in [3.63, 3.8) is 0 Å². The number of rotatable bonds is 5. The Kier molecular flexibility index (Phi) is 4.93. The Morgan fingerprint density at radius 2 is 1.85 bits per heavy atom. The molecule has 2 rings (SSSR count). The second-order valence-electron chi connectivity index (χ2n) is 4.27. The Bertz CT molecular complexity index is 575. The summed E-state index contributed by atoms with van der Waals surface area (Å²) in [4.78, 5) is 0. The maximum atomic E-state index is 12.3. The minimum Gasteiger partial charge on any atom is -0.434 e. The van der Waals surface area contributed by atoms with E-state index in [2.05, 4.69) is 4.74 Å². The van der Waals surface area contributed by atoms with Gasteiger partial charge in [0.15, 0.2) is 0 Å². The standard InChI is InChI=1S/C15H13ClF2O2/c16-11-5-3-4-10(8-11)9-13(19)12-6-1-2-7-14(12)20-15(17)18/h1-8,13,15,19H,9H2. The molecule has 0 aliphatic heterocycles. The van der Waals surface area contributed by atoms with Gasteiger partial charge in [-0.15, -0.1) is 0 Å². The molecule has 0 bridgehead atoms. The smallest absolute Gasteiger partial charge is 0.387 e. The van der Waals surface area contributed by atoms with Crippen LogP contribution in [-0.2, 0) is 6.42 Å². The molecule has 1 unspecified atom stereocenters. The topological polar surface area (TPSA) is 29.5 Å². The molecule has 0 saturated carbocycles. The van der Waals surface area contributed by atoms with Crippen LogP contribution in [0, 0.1) is 0 Å². The van der Waals surface area contributed by atoms with Gasteiger partial charge in [0.25, 0.3) is 0 Å². The molecule has 0 saturated heterocycles. The molecule has 5 heteroatoms. The van der Waals surface area contributed by atoms with Crippen molar-refractivity contribution in [1.82, 2.24) is 0 Å². The van der Waals surface area contributed by atoms with Gasteiger partial charge in [-0.3, -0.25) is 0 Å². The molecule has 0 fully saturated rings. The van der Waals surface area contributed by atoms with Crippen molar-refractivity contribution in [2.24, 2.45) is 0 Å². The van der Waals surface area contributed by atoms with Crippen LogP contribution in [0.3, 0.4) is 0 Å². The predicted molar refractivity (Wildman–Crippen MR) is 73.2 cm³/mol. The average Bonchev–Trinajstić information content (AvgIpc) is 2.38. The summed E-state index contributed by atoms with van der Waals surface area (Å²) in [5.41, 5.74) is 1.14. The van der Waals surface area contributed by atoms with Gasteiger partial charge in [0.2, 0.25) is 0 Å². The minimum atomic E-state index is -2.92. The predicted octanol–water partition coefficient (Wildman–Crippen LogP) is 4.22. The first kappa shape index (κ1) is 14.8. The summed E-state index contributed by atoms with van der Waals surface area (Å²) in [5, 5.41) is 10.8. The second kappa shape index (κ2) is 6.68. The molecule has 20 heavy (non-hydrogen) atoms. The van der Waals surface area contributed by atoms with Crippen LogP contribution in [0.5, 0.6) is 5.75 Å². The third-order valence-electron chi connectivity index (χ3n) is 2.81. The van der Waals surface area contributed by atoms with E-state index in [1.54, 1.807) is 36.4 Å². The molecule has 1 atom stereocenters. The fourth-order valence-corrected chi connectivity index (χ4v) is 2.17. The number of ether oxygens (including phenoxy) is 1. The highest BCUT2D eigenvalue weighted by molar-refractivity contribution is 6.30. The summed E-state index contributed by atoms with van der Waals surface area (Å²) in [5.74, 6) is -0.0166. The Labute approximate surface area is 120 Å². The van der Waals surface area contributed by atoms with Gasteiger partial charge in [0, 0.05) is 17.0 Å².